The lowest BCUT2D eigenvalue weighted by Crippen LogP contribution is -2.27. The van der Waals surface area contributed by atoms with Crippen LogP contribution in [0.15, 0.2) is 77.8 Å². The molecule has 1 aliphatic rings. The maximum atomic E-state index is 13.3. The quantitative estimate of drug-likeness (QED) is 0.208. The molecule has 3 aromatic carbocycles. The third kappa shape index (κ3) is 4.22. The molecule has 0 unspecified atom stereocenters. The summed E-state index contributed by atoms with van der Waals surface area (Å²) in [5, 5.41) is 2.29. The van der Waals surface area contributed by atoms with Gasteiger partial charge in [-0.15, -0.1) is 0 Å². The van der Waals surface area contributed by atoms with E-state index in [1.165, 1.54) is 11.8 Å². The molecule has 0 bridgehead atoms. The average molecular weight is 509 g/mol. The van der Waals surface area contributed by atoms with Gasteiger partial charge in [0.1, 0.15) is 0 Å². The third-order valence-electron chi connectivity index (χ3n) is 5.55. The maximum absolute atomic E-state index is 13.3. The number of nitrogens with zero attached hydrogens (tertiary/aromatic N) is 2. The van der Waals surface area contributed by atoms with E-state index in [2.05, 4.69) is 10.6 Å². The summed E-state index contributed by atoms with van der Waals surface area (Å²) >= 11 is 19.7. The molecule has 1 aliphatic heterocycles. The first kappa shape index (κ1) is 22.2. The fourth-order valence-electron chi connectivity index (χ4n) is 3.97. The summed E-state index contributed by atoms with van der Waals surface area (Å²) in [6.45, 7) is 2.52. The first-order valence-electron chi connectivity index (χ1n) is 10.3. The van der Waals surface area contributed by atoms with Gasteiger partial charge in [-0.1, -0.05) is 83.6 Å². The van der Waals surface area contributed by atoms with Crippen LogP contribution in [0.3, 0.4) is 0 Å². The van der Waals surface area contributed by atoms with Crippen LogP contribution in [-0.4, -0.2) is 14.8 Å². The molecular formula is C26H18Cl2N2OS2. The number of fused-ring (bicyclic) bond motifs is 1. The van der Waals surface area contributed by atoms with E-state index in [0.29, 0.717) is 25.8 Å². The van der Waals surface area contributed by atoms with Gasteiger partial charge in [-0.05, 0) is 48.9 Å². The molecule has 1 amide bonds. The Hall–Kier alpha value is -2.57. The Morgan fingerprint density at radius 1 is 1.00 bits per heavy atom. The number of aromatic nitrogens is 1. The summed E-state index contributed by atoms with van der Waals surface area (Å²) in [6.07, 6.45) is 3.95. The summed E-state index contributed by atoms with van der Waals surface area (Å²) in [7, 11) is 0. The zero-order valence-electron chi connectivity index (χ0n) is 17.6. The van der Waals surface area contributed by atoms with Gasteiger partial charge in [0.2, 0.25) is 0 Å². The Bertz CT molecular complexity index is 1440. The summed E-state index contributed by atoms with van der Waals surface area (Å²) in [5.41, 5.74) is 4.70. The van der Waals surface area contributed by atoms with E-state index >= 15 is 0 Å². The van der Waals surface area contributed by atoms with Crippen LogP contribution in [0.4, 0.5) is 5.69 Å². The van der Waals surface area contributed by atoms with Crippen LogP contribution < -0.4 is 4.90 Å². The van der Waals surface area contributed by atoms with Gasteiger partial charge in [-0.3, -0.25) is 9.69 Å². The molecule has 1 aromatic heterocycles. The third-order valence-corrected chi connectivity index (χ3v) is 7.56. The highest BCUT2D eigenvalue weighted by molar-refractivity contribution is 8.27. The summed E-state index contributed by atoms with van der Waals surface area (Å²) in [4.78, 5) is 15.5. The Kier molecular flexibility index (Phi) is 6.06. The molecule has 0 atom stereocenters. The van der Waals surface area contributed by atoms with Gasteiger partial charge >= 0.3 is 0 Å². The molecule has 0 N–H and O–H groups in total. The number of amides is 1. The number of anilines is 1. The van der Waals surface area contributed by atoms with Crippen LogP contribution in [0.25, 0.3) is 17.0 Å². The maximum Gasteiger partial charge on any atom is 0.270 e. The van der Waals surface area contributed by atoms with Gasteiger partial charge in [0.15, 0.2) is 4.32 Å². The molecule has 0 spiro atoms. The molecule has 3 nitrogen and oxygen atoms in total. The van der Waals surface area contributed by atoms with Crippen molar-refractivity contribution in [2.75, 3.05) is 4.90 Å². The molecule has 5 rings (SSSR count). The van der Waals surface area contributed by atoms with Crippen LogP contribution in [-0.2, 0) is 11.3 Å². The molecule has 0 aliphatic carbocycles. The van der Waals surface area contributed by atoms with E-state index in [-0.39, 0.29) is 5.91 Å². The Morgan fingerprint density at radius 2 is 1.73 bits per heavy atom. The van der Waals surface area contributed by atoms with Crippen molar-refractivity contribution < 1.29 is 4.79 Å². The lowest BCUT2D eigenvalue weighted by atomic mass is 10.1. The van der Waals surface area contributed by atoms with Gasteiger partial charge < -0.3 is 4.57 Å². The summed E-state index contributed by atoms with van der Waals surface area (Å²) in [6, 6.07) is 21.4. The highest BCUT2D eigenvalue weighted by Gasteiger charge is 2.33. The molecule has 0 saturated carbocycles. The van der Waals surface area contributed by atoms with E-state index in [1.807, 2.05) is 79.9 Å². The summed E-state index contributed by atoms with van der Waals surface area (Å²) < 4.78 is 2.64. The first-order valence-corrected chi connectivity index (χ1v) is 12.3. The van der Waals surface area contributed by atoms with Crippen molar-refractivity contribution in [2.24, 2.45) is 0 Å². The number of hydrogen-bond acceptors (Lipinski definition) is 3. The highest BCUT2D eigenvalue weighted by atomic mass is 35.5. The zero-order chi connectivity index (χ0) is 23.1. The normalized spacial score (nSPS) is 15.2. The van der Waals surface area contributed by atoms with E-state index < -0.39 is 0 Å². The molecule has 0 radical (unpaired) electrons. The number of carbonyl (C=O) groups excluding carboxylic acids is 1. The van der Waals surface area contributed by atoms with Crippen LogP contribution in [0.1, 0.15) is 16.7 Å². The molecule has 7 heteroatoms. The van der Waals surface area contributed by atoms with Crippen molar-refractivity contribution in [3.8, 4) is 0 Å². The molecule has 164 valence electrons. The van der Waals surface area contributed by atoms with E-state index in [9.17, 15) is 4.79 Å². The number of thiocarbonyl (C=S) groups is 1. The standard InChI is InChI=1S/C26H18Cl2N2OS2/c1-16-6-4-7-18(12-16)30-25(31)24(33-26(30)32)13-17-14-29(23-11-3-2-8-19(17)23)15-20-21(27)9-5-10-22(20)28/h2-14H,15H2,1H3/b24-13+. The van der Waals surface area contributed by atoms with Crippen molar-refractivity contribution >= 4 is 80.1 Å². The minimum Gasteiger partial charge on any atom is -0.342 e. The van der Waals surface area contributed by atoms with Gasteiger partial charge in [0, 0.05) is 38.3 Å². The number of carbonyl (C=O) groups is 1. The van der Waals surface area contributed by atoms with Crippen molar-refractivity contribution in [3.63, 3.8) is 0 Å². The van der Waals surface area contributed by atoms with Crippen LogP contribution in [0.5, 0.6) is 0 Å². The van der Waals surface area contributed by atoms with E-state index in [0.717, 1.165) is 33.3 Å². The predicted octanol–water partition coefficient (Wildman–Crippen LogP) is 7.71. The SMILES string of the molecule is Cc1cccc(N2C(=O)/C(=C\c3cn(Cc4c(Cl)cccc4Cl)c4ccccc34)SC2=S)c1. The predicted molar refractivity (Wildman–Crippen MR) is 144 cm³/mol. The largest absolute Gasteiger partial charge is 0.342 e. The monoisotopic (exact) mass is 508 g/mol. The summed E-state index contributed by atoms with van der Waals surface area (Å²) in [5.74, 6) is -0.110. The van der Waals surface area contributed by atoms with Gasteiger partial charge in [0.25, 0.3) is 5.91 Å². The number of para-hydroxylation sites is 1. The number of thioether (sulfide) groups is 1. The molecule has 1 fully saturated rings. The first-order chi connectivity index (χ1) is 15.9. The molecule has 4 aromatic rings. The second kappa shape index (κ2) is 8.99. The Balaban J connectivity index is 1.55. The van der Waals surface area contributed by atoms with Gasteiger partial charge in [-0.25, -0.2) is 0 Å². The van der Waals surface area contributed by atoms with Crippen molar-refractivity contribution in [1.82, 2.24) is 4.57 Å². The Morgan fingerprint density at radius 3 is 2.48 bits per heavy atom. The average Bonchev–Trinajstić information content (AvgIpc) is 3.27. The van der Waals surface area contributed by atoms with Crippen LogP contribution >= 0.6 is 47.2 Å². The van der Waals surface area contributed by atoms with Gasteiger partial charge in [-0.2, -0.15) is 0 Å². The van der Waals surface area contributed by atoms with E-state index in [4.69, 9.17) is 35.4 Å². The minimum atomic E-state index is -0.110. The molecular weight excluding hydrogens is 491 g/mol. The number of halogens is 2. The number of hydrogen-bond donors (Lipinski definition) is 0. The lowest BCUT2D eigenvalue weighted by Gasteiger charge is -2.14. The fourth-order valence-corrected chi connectivity index (χ4v) is 5.78. The van der Waals surface area contributed by atoms with Crippen LogP contribution in [0, 0.1) is 6.92 Å². The second-order valence-corrected chi connectivity index (χ2v) is 10.3. The molecule has 33 heavy (non-hydrogen) atoms. The number of rotatable bonds is 4. The minimum absolute atomic E-state index is 0.110. The topological polar surface area (TPSA) is 25.2 Å². The van der Waals surface area contributed by atoms with Crippen LogP contribution in [0.2, 0.25) is 10.0 Å². The van der Waals surface area contributed by atoms with Gasteiger partial charge in [0.05, 0.1) is 17.1 Å². The molecule has 2 heterocycles. The van der Waals surface area contributed by atoms with Crippen molar-refractivity contribution in [2.45, 2.75) is 13.5 Å². The lowest BCUT2D eigenvalue weighted by molar-refractivity contribution is -0.113. The highest BCUT2D eigenvalue weighted by Crippen LogP contribution is 2.37. The molecule has 1 saturated heterocycles. The zero-order valence-corrected chi connectivity index (χ0v) is 20.7. The Labute approximate surface area is 211 Å². The van der Waals surface area contributed by atoms with E-state index in [1.54, 1.807) is 4.90 Å². The fraction of sp³-hybridized carbons (Fsp3) is 0.0769. The smallest absolute Gasteiger partial charge is 0.270 e. The second-order valence-electron chi connectivity index (χ2n) is 7.79. The van der Waals surface area contributed by atoms with Crippen molar-refractivity contribution in [1.29, 1.82) is 0 Å². The number of aryl methyl sites for hydroxylation is 1. The number of benzene rings is 3. The van der Waals surface area contributed by atoms with Crippen molar-refractivity contribution in [3.05, 3.63) is 105 Å².